The summed E-state index contributed by atoms with van der Waals surface area (Å²) in [5.41, 5.74) is 0. The Balaban J connectivity index is 4.58. The zero-order valence-corrected chi connectivity index (χ0v) is 15.7. The predicted molar refractivity (Wildman–Crippen MR) is 86.6 cm³/mol. The third kappa shape index (κ3) is 6.61. The van der Waals surface area contributed by atoms with E-state index in [1.807, 2.05) is 0 Å². The number of amides is 1. The van der Waals surface area contributed by atoms with E-state index in [1.165, 1.54) is 7.11 Å². The van der Waals surface area contributed by atoms with Gasteiger partial charge in [0.15, 0.2) is 8.32 Å². The fourth-order valence-electron chi connectivity index (χ4n) is 1.38. The van der Waals surface area contributed by atoms with Crippen LogP contribution in [0.5, 0.6) is 0 Å². The molecule has 5 nitrogen and oxygen atoms in total. The molecular weight excluding hydrogens is 286 g/mol. The maximum atomic E-state index is 11.7. The second kappa shape index (κ2) is 7.94. The molecule has 0 aliphatic carbocycles. The standard InChI is InChI=1S/C15H31NO4Si/c1-11(2)13(17)16-12(14(18)19-6)9-10-20-21(7,8)15(3,4)5/h11-12H,9-10H2,1-8H3,(H,16,17)/t12-/m1/s1. The molecule has 124 valence electrons. The number of nitrogens with one attached hydrogen (secondary N) is 1. The van der Waals surface area contributed by atoms with Crippen molar-refractivity contribution in [2.45, 2.75) is 65.2 Å². The fraction of sp³-hybridized carbons (Fsp3) is 0.867. The molecule has 0 bridgehead atoms. The van der Waals surface area contributed by atoms with Gasteiger partial charge in [-0.3, -0.25) is 4.79 Å². The summed E-state index contributed by atoms with van der Waals surface area (Å²) in [6.07, 6.45) is 0.428. The van der Waals surface area contributed by atoms with Crippen molar-refractivity contribution >= 4 is 20.2 Å². The highest BCUT2D eigenvalue weighted by Crippen LogP contribution is 2.36. The molecule has 0 rings (SSSR count). The monoisotopic (exact) mass is 317 g/mol. The van der Waals surface area contributed by atoms with Gasteiger partial charge in [0.1, 0.15) is 6.04 Å². The number of carbonyl (C=O) groups is 2. The maximum Gasteiger partial charge on any atom is 0.328 e. The molecule has 0 fully saturated rings. The van der Waals surface area contributed by atoms with Crippen LogP contribution in [0.4, 0.5) is 0 Å². The van der Waals surface area contributed by atoms with Crippen molar-refractivity contribution in [3.8, 4) is 0 Å². The third-order valence-electron chi connectivity index (χ3n) is 4.00. The van der Waals surface area contributed by atoms with Crippen LogP contribution in [0.2, 0.25) is 18.1 Å². The predicted octanol–water partition coefficient (Wildman–Crippen LogP) is 2.71. The van der Waals surface area contributed by atoms with E-state index in [4.69, 9.17) is 9.16 Å². The van der Waals surface area contributed by atoms with Crippen LogP contribution in [0.3, 0.4) is 0 Å². The Morgan fingerprint density at radius 1 is 1.19 bits per heavy atom. The Morgan fingerprint density at radius 3 is 2.10 bits per heavy atom. The molecule has 0 spiro atoms. The first-order chi connectivity index (χ1) is 9.42. The number of hydrogen-bond donors (Lipinski definition) is 1. The Kier molecular flexibility index (Phi) is 7.60. The summed E-state index contributed by atoms with van der Waals surface area (Å²) < 4.78 is 10.8. The molecule has 1 N–H and O–H groups in total. The lowest BCUT2D eigenvalue weighted by Gasteiger charge is -2.36. The normalized spacial score (nSPS) is 14.0. The molecule has 0 aromatic heterocycles. The Labute approximate surface area is 129 Å². The van der Waals surface area contributed by atoms with Gasteiger partial charge in [-0.2, -0.15) is 0 Å². The smallest absolute Gasteiger partial charge is 0.328 e. The molecule has 0 heterocycles. The van der Waals surface area contributed by atoms with Crippen LogP contribution in [0.15, 0.2) is 0 Å². The van der Waals surface area contributed by atoms with Crippen molar-refractivity contribution in [1.82, 2.24) is 5.32 Å². The number of hydrogen-bond acceptors (Lipinski definition) is 4. The lowest BCUT2D eigenvalue weighted by atomic mass is 10.1. The van der Waals surface area contributed by atoms with Crippen molar-refractivity contribution in [3.63, 3.8) is 0 Å². The van der Waals surface area contributed by atoms with Crippen molar-refractivity contribution in [1.29, 1.82) is 0 Å². The number of rotatable bonds is 7. The average molecular weight is 318 g/mol. The largest absolute Gasteiger partial charge is 0.467 e. The second-order valence-electron chi connectivity index (χ2n) is 7.14. The van der Waals surface area contributed by atoms with Gasteiger partial charge < -0.3 is 14.5 Å². The molecule has 0 saturated heterocycles. The van der Waals surface area contributed by atoms with E-state index >= 15 is 0 Å². The van der Waals surface area contributed by atoms with Crippen molar-refractivity contribution in [2.75, 3.05) is 13.7 Å². The summed E-state index contributed by atoms with van der Waals surface area (Å²) in [7, 11) is -0.518. The molecule has 6 heteroatoms. The Bertz CT molecular complexity index is 361. The number of esters is 1. The Morgan fingerprint density at radius 2 is 1.71 bits per heavy atom. The topological polar surface area (TPSA) is 64.6 Å². The van der Waals surface area contributed by atoms with Gasteiger partial charge in [0.25, 0.3) is 0 Å². The third-order valence-corrected chi connectivity index (χ3v) is 8.54. The lowest BCUT2D eigenvalue weighted by molar-refractivity contribution is -0.145. The van der Waals surface area contributed by atoms with Gasteiger partial charge in [-0.1, -0.05) is 34.6 Å². The molecule has 0 aromatic carbocycles. The Hall–Kier alpha value is -0.883. The molecule has 0 aliphatic rings. The van der Waals surface area contributed by atoms with E-state index in [1.54, 1.807) is 13.8 Å². The number of methoxy groups -OCH3 is 1. The van der Waals surface area contributed by atoms with Crippen LogP contribution in [0.25, 0.3) is 0 Å². The SMILES string of the molecule is COC(=O)[C@@H](CCO[Si](C)(C)C(C)(C)C)NC(=O)C(C)C. The van der Waals surface area contributed by atoms with Crippen LogP contribution in [0, 0.1) is 5.92 Å². The molecule has 0 saturated carbocycles. The highest BCUT2D eigenvalue weighted by atomic mass is 28.4. The molecule has 1 atom stereocenters. The van der Waals surface area contributed by atoms with E-state index in [2.05, 4.69) is 39.2 Å². The quantitative estimate of drug-likeness (QED) is 0.579. The lowest BCUT2D eigenvalue weighted by Crippen LogP contribution is -2.46. The second-order valence-corrected chi connectivity index (χ2v) is 11.9. The van der Waals surface area contributed by atoms with Crippen LogP contribution in [-0.4, -0.2) is 40.0 Å². The minimum Gasteiger partial charge on any atom is -0.467 e. The molecule has 1 amide bonds. The maximum absolute atomic E-state index is 11.7. The van der Waals surface area contributed by atoms with Gasteiger partial charge >= 0.3 is 5.97 Å². The molecule has 21 heavy (non-hydrogen) atoms. The van der Waals surface area contributed by atoms with Gasteiger partial charge in [0.2, 0.25) is 5.91 Å². The van der Waals surface area contributed by atoms with Gasteiger partial charge in [-0.05, 0) is 18.1 Å². The summed E-state index contributed by atoms with van der Waals surface area (Å²) in [5, 5.41) is 2.83. The first kappa shape index (κ1) is 20.1. The van der Waals surface area contributed by atoms with E-state index in [0.717, 1.165) is 0 Å². The minimum atomic E-state index is -1.84. The summed E-state index contributed by atoms with van der Waals surface area (Å²) in [6, 6.07) is -0.644. The van der Waals surface area contributed by atoms with Crippen molar-refractivity contribution in [3.05, 3.63) is 0 Å². The molecule has 0 aromatic rings. The van der Waals surface area contributed by atoms with Gasteiger partial charge in [0, 0.05) is 18.9 Å². The fourth-order valence-corrected chi connectivity index (χ4v) is 2.44. The van der Waals surface area contributed by atoms with Crippen LogP contribution in [0.1, 0.15) is 41.0 Å². The van der Waals surface area contributed by atoms with Gasteiger partial charge in [-0.25, -0.2) is 4.79 Å². The molecule has 0 unspecified atom stereocenters. The highest BCUT2D eigenvalue weighted by molar-refractivity contribution is 6.74. The van der Waals surface area contributed by atoms with E-state index in [9.17, 15) is 9.59 Å². The average Bonchev–Trinajstić information content (AvgIpc) is 2.34. The molecule has 0 radical (unpaired) electrons. The summed E-state index contributed by atoms with van der Waals surface area (Å²) >= 11 is 0. The summed E-state index contributed by atoms with van der Waals surface area (Å²) in [4.78, 5) is 23.5. The zero-order valence-electron chi connectivity index (χ0n) is 14.7. The summed E-state index contributed by atoms with van der Waals surface area (Å²) in [5.74, 6) is -0.751. The minimum absolute atomic E-state index is 0.120. The number of ether oxygens (including phenoxy) is 1. The van der Waals surface area contributed by atoms with Gasteiger partial charge in [-0.15, -0.1) is 0 Å². The molecule has 0 aliphatic heterocycles. The number of carbonyl (C=O) groups excluding carboxylic acids is 2. The van der Waals surface area contributed by atoms with E-state index in [0.29, 0.717) is 13.0 Å². The molecular formula is C15H31NO4Si. The van der Waals surface area contributed by atoms with Crippen molar-refractivity contribution < 1.29 is 18.8 Å². The van der Waals surface area contributed by atoms with E-state index < -0.39 is 20.3 Å². The van der Waals surface area contributed by atoms with Crippen LogP contribution in [-0.2, 0) is 18.8 Å². The first-order valence-corrected chi connectivity index (χ1v) is 10.4. The zero-order chi connectivity index (χ0) is 16.8. The van der Waals surface area contributed by atoms with Crippen LogP contribution < -0.4 is 5.32 Å². The van der Waals surface area contributed by atoms with Crippen LogP contribution >= 0.6 is 0 Å². The van der Waals surface area contributed by atoms with E-state index in [-0.39, 0.29) is 16.9 Å². The van der Waals surface area contributed by atoms with Gasteiger partial charge in [0.05, 0.1) is 7.11 Å². The first-order valence-electron chi connectivity index (χ1n) is 7.44. The highest BCUT2D eigenvalue weighted by Gasteiger charge is 2.37. The summed E-state index contributed by atoms with van der Waals surface area (Å²) in [6.45, 7) is 14.8. The van der Waals surface area contributed by atoms with Crippen molar-refractivity contribution in [2.24, 2.45) is 5.92 Å².